The maximum atomic E-state index is 13.5. The Labute approximate surface area is 137 Å². The molecule has 2 aromatic rings. The molecule has 0 aliphatic heterocycles. The number of nitrogens with zero attached hydrogens (tertiary/aromatic N) is 1. The maximum Gasteiger partial charge on any atom is 0.329 e. The number of aryl methyl sites for hydroxylation is 1. The number of amides is 2. The van der Waals surface area contributed by atoms with E-state index in [0.29, 0.717) is 5.69 Å². The molecule has 0 atom stereocenters. The monoisotopic (exact) mass is 333 g/mol. The molecule has 2 N–H and O–H groups in total. The summed E-state index contributed by atoms with van der Waals surface area (Å²) in [6.45, 7) is 1.86. The Bertz CT molecular complexity index is 757. The van der Waals surface area contributed by atoms with E-state index in [4.69, 9.17) is 11.6 Å². The van der Waals surface area contributed by atoms with Crippen molar-refractivity contribution in [1.29, 1.82) is 0 Å². The van der Waals surface area contributed by atoms with E-state index in [2.05, 4.69) is 10.4 Å². The molecule has 2 aromatic carbocycles. The smallest absolute Gasteiger partial charge is 0.318 e. The fraction of sp³-hybridized carbons (Fsp3) is 0.0625. The van der Waals surface area contributed by atoms with Gasteiger partial charge in [-0.25, -0.2) is 9.82 Å². The van der Waals surface area contributed by atoms with E-state index in [1.807, 2.05) is 18.4 Å². The second kappa shape index (κ2) is 7.51. The zero-order valence-electron chi connectivity index (χ0n) is 12.1. The third-order valence-electron chi connectivity index (χ3n) is 2.84. The summed E-state index contributed by atoms with van der Waals surface area (Å²) in [6, 6.07) is 11.1. The number of hydrogen-bond acceptors (Lipinski definition) is 3. The van der Waals surface area contributed by atoms with Gasteiger partial charge in [0.1, 0.15) is 5.82 Å². The number of carbonyl (C=O) groups excluding carboxylic acids is 2. The van der Waals surface area contributed by atoms with E-state index in [9.17, 15) is 14.0 Å². The highest BCUT2D eigenvalue weighted by molar-refractivity contribution is 6.39. The average molecular weight is 334 g/mol. The minimum atomic E-state index is -0.977. The summed E-state index contributed by atoms with van der Waals surface area (Å²) in [5.41, 5.74) is 3.47. The Kier molecular flexibility index (Phi) is 5.43. The molecular weight excluding hydrogens is 321 g/mol. The van der Waals surface area contributed by atoms with E-state index in [0.717, 1.165) is 11.8 Å². The van der Waals surface area contributed by atoms with Gasteiger partial charge in [-0.3, -0.25) is 9.59 Å². The van der Waals surface area contributed by atoms with Crippen LogP contribution >= 0.6 is 11.6 Å². The highest BCUT2D eigenvalue weighted by Gasteiger charge is 2.13. The number of carbonyl (C=O) groups is 2. The van der Waals surface area contributed by atoms with Crippen LogP contribution < -0.4 is 10.7 Å². The molecule has 118 valence electrons. The van der Waals surface area contributed by atoms with Crippen molar-refractivity contribution in [2.24, 2.45) is 5.10 Å². The lowest BCUT2D eigenvalue weighted by Gasteiger charge is -2.04. The second-order valence-electron chi connectivity index (χ2n) is 4.66. The van der Waals surface area contributed by atoms with Crippen molar-refractivity contribution in [1.82, 2.24) is 5.43 Å². The topological polar surface area (TPSA) is 70.6 Å². The highest BCUT2D eigenvalue weighted by Crippen LogP contribution is 2.16. The number of halogens is 2. The number of nitrogens with one attached hydrogen (secondary N) is 2. The van der Waals surface area contributed by atoms with Crippen molar-refractivity contribution in [2.45, 2.75) is 6.92 Å². The molecule has 0 spiro atoms. The van der Waals surface area contributed by atoms with Gasteiger partial charge in [0, 0.05) is 11.3 Å². The van der Waals surface area contributed by atoms with E-state index >= 15 is 0 Å². The molecule has 0 unspecified atom stereocenters. The first kappa shape index (κ1) is 16.6. The third kappa shape index (κ3) is 4.62. The van der Waals surface area contributed by atoms with Crippen LogP contribution in [0, 0.1) is 12.7 Å². The number of rotatable bonds is 3. The summed E-state index contributed by atoms with van der Waals surface area (Å²) >= 11 is 5.81. The van der Waals surface area contributed by atoms with Crippen LogP contribution in [0.5, 0.6) is 0 Å². The molecule has 0 bridgehead atoms. The van der Waals surface area contributed by atoms with Crippen LogP contribution in [0.1, 0.15) is 11.1 Å². The molecule has 2 rings (SSSR count). The summed E-state index contributed by atoms with van der Waals surface area (Å²) in [6.07, 6.45) is 1.04. The standard InChI is InChI=1S/C16H13ClFN3O2/c1-10-4-2-5-11(8-10)20-15(22)16(23)21-19-9-12-13(17)6-3-7-14(12)18/h2-9H,1H3,(H,20,22)(H,21,23)/b19-9+. The number of anilines is 1. The van der Waals surface area contributed by atoms with Gasteiger partial charge in [0.05, 0.1) is 11.2 Å². The van der Waals surface area contributed by atoms with E-state index in [-0.39, 0.29) is 10.6 Å². The average Bonchev–Trinajstić information content (AvgIpc) is 2.50. The molecule has 0 fully saturated rings. The lowest BCUT2D eigenvalue weighted by atomic mass is 10.2. The SMILES string of the molecule is Cc1cccc(NC(=O)C(=O)N/N=C/c2c(F)cccc2Cl)c1. The van der Waals surface area contributed by atoms with Gasteiger partial charge in [0.25, 0.3) is 0 Å². The summed E-state index contributed by atoms with van der Waals surface area (Å²) in [7, 11) is 0. The molecule has 0 aliphatic rings. The number of hydrazone groups is 1. The minimum absolute atomic E-state index is 0.0218. The van der Waals surface area contributed by atoms with Crippen LogP contribution in [-0.4, -0.2) is 18.0 Å². The van der Waals surface area contributed by atoms with Crippen LogP contribution in [-0.2, 0) is 9.59 Å². The van der Waals surface area contributed by atoms with Gasteiger partial charge in [0.2, 0.25) is 0 Å². The Hall–Kier alpha value is -2.73. The Balaban J connectivity index is 1.96. The molecule has 2 amide bonds. The largest absolute Gasteiger partial charge is 0.329 e. The van der Waals surface area contributed by atoms with Crippen molar-refractivity contribution in [2.75, 3.05) is 5.32 Å². The fourth-order valence-electron chi connectivity index (χ4n) is 1.75. The maximum absolute atomic E-state index is 13.5. The van der Waals surface area contributed by atoms with Crippen molar-refractivity contribution < 1.29 is 14.0 Å². The van der Waals surface area contributed by atoms with Crippen molar-refractivity contribution in [3.05, 3.63) is 64.4 Å². The van der Waals surface area contributed by atoms with Crippen molar-refractivity contribution in [3.8, 4) is 0 Å². The molecule has 0 heterocycles. The van der Waals surface area contributed by atoms with Gasteiger partial charge in [0.15, 0.2) is 0 Å². The van der Waals surface area contributed by atoms with Gasteiger partial charge < -0.3 is 5.32 Å². The quantitative estimate of drug-likeness (QED) is 0.515. The molecule has 23 heavy (non-hydrogen) atoms. The molecule has 7 heteroatoms. The molecule has 0 aliphatic carbocycles. The van der Waals surface area contributed by atoms with Crippen LogP contribution in [0.2, 0.25) is 5.02 Å². The van der Waals surface area contributed by atoms with E-state index in [1.54, 1.807) is 18.2 Å². The summed E-state index contributed by atoms with van der Waals surface area (Å²) in [5, 5.41) is 6.11. The van der Waals surface area contributed by atoms with E-state index in [1.165, 1.54) is 18.2 Å². The second-order valence-corrected chi connectivity index (χ2v) is 5.07. The van der Waals surface area contributed by atoms with Crippen molar-refractivity contribution in [3.63, 3.8) is 0 Å². The summed E-state index contributed by atoms with van der Waals surface area (Å²) < 4.78 is 13.5. The number of benzene rings is 2. The minimum Gasteiger partial charge on any atom is -0.318 e. The predicted molar refractivity (Wildman–Crippen MR) is 87.0 cm³/mol. The predicted octanol–water partition coefficient (Wildman–Crippen LogP) is 2.88. The van der Waals surface area contributed by atoms with Crippen LogP contribution in [0.4, 0.5) is 10.1 Å². The molecule has 0 saturated heterocycles. The van der Waals surface area contributed by atoms with Crippen LogP contribution in [0.15, 0.2) is 47.6 Å². The molecule has 0 saturated carbocycles. The third-order valence-corrected chi connectivity index (χ3v) is 3.17. The Morgan fingerprint density at radius 2 is 1.91 bits per heavy atom. The van der Waals surface area contributed by atoms with Gasteiger partial charge in [-0.05, 0) is 36.8 Å². The first-order chi connectivity index (χ1) is 11.0. The van der Waals surface area contributed by atoms with Crippen molar-refractivity contribution >= 4 is 35.3 Å². The summed E-state index contributed by atoms with van der Waals surface area (Å²) in [5.74, 6) is -2.44. The molecule has 0 aromatic heterocycles. The summed E-state index contributed by atoms with van der Waals surface area (Å²) in [4.78, 5) is 23.3. The lowest BCUT2D eigenvalue weighted by Crippen LogP contribution is -2.32. The first-order valence-corrected chi connectivity index (χ1v) is 7.00. The Morgan fingerprint density at radius 1 is 1.17 bits per heavy atom. The van der Waals surface area contributed by atoms with Gasteiger partial charge in [-0.1, -0.05) is 29.8 Å². The van der Waals surface area contributed by atoms with Crippen LogP contribution in [0.3, 0.4) is 0 Å². The molecular formula is C16H13ClFN3O2. The Morgan fingerprint density at radius 3 is 2.61 bits per heavy atom. The zero-order valence-corrected chi connectivity index (χ0v) is 12.9. The van der Waals surface area contributed by atoms with Crippen LogP contribution in [0.25, 0.3) is 0 Å². The highest BCUT2D eigenvalue weighted by atomic mass is 35.5. The fourth-order valence-corrected chi connectivity index (χ4v) is 1.96. The lowest BCUT2D eigenvalue weighted by molar-refractivity contribution is -0.136. The van der Waals surface area contributed by atoms with Gasteiger partial charge in [-0.15, -0.1) is 0 Å². The molecule has 0 radical (unpaired) electrons. The zero-order chi connectivity index (χ0) is 16.8. The normalized spacial score (nSPS) is 10.6. The van der Waals surface area contributed by atoms with Gasteiger partial charge >= 0.3 is 11.8 Å². The number of hydrogen-bond donors (Lipinski definition) is 2. The van der Waals surface area contributed by atoms with E-state index < -0.39 is 17.6 Å². The van der Waals surface area contributed by atoms with Gasteiger partial charge in [-0.2, -0.15) is 5.10 Å². The first-order valence-electron chi connectivity index (χ1n) is 6.62. The molecule has 5 nitrogen and oxygen atoms in total.